The molecular weight excluding hydrogens is 650 g/mol. The molecule has 0 aliphatic carbocycles. The first-order valence-corrected chi connectivity index (χ1v) is 15.5. The average Bonchev–Trinajstić information content (AvgIpc) is 3.05. The molecule has 3 aromatic carbocycles. The molecule has 0 unspecified atom stereocenters. The van der Waals surface area contributed by atoms with Gasteiger partial charge in [0.2, 0.25) is 11.6 Å². The van der Waals surface area contributed by atoms with Crippen LogP contribution in [0.4, 0.5) is 5.82 Å². The van der Waals surface area contributed by atoms with Crippen molar-refractivity contribution in [1.29, 1.82) is 0 Å². The number of anilines is 1. The molecule has 13 heteroatoms. The van der Waals surface area contributed by atoms with E-state index < -0.39 is 10.0 Å². The minimum atomic E-state index is -4.10. The number of nitrogens with one attached hydrogen (secondary N) is 1. The molecule has 11 nitrogen and oxygen atoms in total. The zero-order valence-electron chi connectivity index (χ0n) is 23.3. The summed E-state index contributed by atoms with van der Waals surface area (Å²) in [4.78, 5) is 17.4. The first-order chi connectivity index (χ1) is 21.4. The number of nitrogens with zero attached hydrogens (tertiary/aromatic N) is 4. The van der Waals surface area contributed by atoms with Gasteiger partial charge in [-0.05, 0) is 54.1 Å². The summed E-state index contributed by atoms with van der Waals surface area (Å²) < 4.78 is 53.3. The molecule has 0 saturated carbocycles. The fourth-order valence-corrected chi connectivity index (χ4v) is 4.82. The van der Waals surface area contributed by atoms with E-state index in [1.807, 2.05) is 30.3 Å². The summed E-state index contributed by atoms with van der Waals surface area (Å²) in [5, 5.41) is 1.03. The van der Waals surface area contributed by atoms with Gasteiger partial charge >= 0.3 is 0 Å². The van der Waals surface area contributed by atoms with Crippen molar-refractivity contribution in [3.8, 4) is 40.5 Å². The second-order valence-corrected chi connectivity index (χ2v) is 11.3. The zero-order valence-corrected chi connectivity index (χ0v) is 25.7. The minimum Gasteiger partial charge on any atom is -0.493 e. The largest absolute Gasteiger partial charge is 0.493 e. The molecule has 0 fully saturated rings. The molecule has 0 aliphatic heterocycles. The summed E-state index contributed by atoms with van der Waals surface area (Å²) in [5.41, 5.74) is 0.694. The van der Waals surface area contributed by atoms with Gasteiger partial charge in [-0.15, -0.1) is 0 Å². The third kappa shape index (κ3) is 8.30. The number of methoxy groups -OCH3 is 1. The van der Waals surface area contributed by atoms with Crippen molar-refractivity contribution < 1.29 is 27.4 Å². The van der Waals surface area contributed by atoms with Crippen LogP contribution in [0, 0.1) is 0 Å². The van der Waals surface area contributed by atoms with E-state index in [2.05, 4.69) is 40.6 Å². The molecule has 0 atom stereocenters. The summed E-state index contributed by atoms with van der Waals surface area (Å²) in [6.45, 7) is 0.183. The standard InChI is InChI=1S/C31H26BrN5O6S/c1-40-25-10-5-6-11-26(25)43-27-28(37-44(38,39)21-16-22-8-3-2-4-9-22)35-30(29-33-17-7-18-34-29)36-31(27)42-20-19-41-24-14-12-23(32)13-15-24/h2-18,21H,19-20H2,1H3,(H,35,36,37)/b21-16+. The summed E-state index contributed by atoms with van der Waals surface area (Å²) in [5.74, 6) is 1.09. The molecule has 5 aromatic rings. The van der Waals surface area contributed by atoms with E-state index in [1.165, 1.54) is 25.6 Å². The molecule has 5 rings (SSSR count). The van der Waals surface area contributed by atoms with Crippen LogP contribution in [0.2, 0.25) is 0 Å². The maximum absolute atomic E-state index is 13.3. The molecule has 0 aliphatic rings. The highest BCUT2D eigenvalue weighted by molar-refractivity contribution is 9.10. The van der Waals surface area contributed by atoms with E-state index in [4.69, 9.17) is 18.9 Å². The number of para-hydroxylation sites is 2. The fourth-order valence-electron chi connectivity index (χ4n) is 3.75. The number of benzene rings is 3. The van der Waals surface area contributed by atoms with Crippen molar-refractivity contribution in [2.24, 2.45) is 0 Å². The number of rotatable bonds is 13. The van der Waals surface area contributed by atoms with E-state index in [9.17, 15) is 8.42 Å². The van der Waals surface area contributed by atoms with Crippen LogP contribution in [0.25, 0.3) is 17.7 Å². The van der Waals surface area contributed by atoms with Gasteiger partial charge in [-0.1, -0.05) is 58.4 Å². The lowest BCUT2D eigenvalue weighted by Crippen LogP contribution is -2.15. The topological polar surface area (TPSA) is 135 Å². The Balaban J connectivity index is 1.52. The van der Waals surface area contributed by atoms with Gasteiger partial charge in [0.15, 0.2) is 23.1 Å². The number of aromatic nitrogens is 4. The monoisotopic (exact) mass is 675 g/mol. The van der Waals surface area contributed by atoms with Crippen LogP contribution in [0.3, 0.4) is 0 Å². The molecule has 0 radical (unpaired) electrons. The Morgan fingerprint density at radius 2 is 1.48 bits per heavy atom. The molecule has 2 aromatic heterocycles. The van der Waals surface area contributed by atoms with Crippen LogP contribution >= 0.6 is 15.9 Å². The lowest BCUT2D eigenvalue weighted by molar-refractivity contribution is 0.207. The van der Waals surface area contributed by atoms with Gasteiger partial charge in [0.1, 0.15) is 19.0 Å². The highest BCUT2D eigenvalue weighted by atomic mass is 79.9. The maximum Gasteiger partial charge on any atom is 0.264 e. The van der Waals surface area contributed by atoms with Crippen molar-refractivity contribution in [3.05, 3.63) is 113 Å². The van der Waals surface area contributed by atoms with Crippen molar-refractivity contribution in [1.82, 2.24) is 19.9 Å². The predicted octanol–water partition coefficient (Wildman–Crippen LogP) is 6.37. The Morgan fingerprint density at radius 1 is 0.795 bits per heavy atom. The number of hydrogen-bond donors (Lipinski definition) is 1. The van der Waals surface area contributed by atoms with Crippen LogP contribution in [0.5, 0.6) is 28.9 Å². The Bertz CT molecular complexity index is 1830. The van der Waals surface area contributed by atoms with Crippen LogP contribution in [0.15, 0.2) is 107 Å². The maximum atomic E-state index is 13.3. The summed E-state index contributed by atoms with van der Waals surface area (Å²) in [7, 11) is -2.61. The van der Waals surface area contributed by atoms with Crippen molar-refractivity contribution >= 4 is 37.8 Å². The third-order valence-electron chi connectivity index (χ3n) is 5.76. The van der Waals surface area contributed by atoms with Crippen LogP contribution < -0.4 is 23.7 Å². The number of halogens is 1. The Morgan fingerprint density at radius 3 is 2.20 bits per heavy atom. The molecule has 1 N–H and O–H groups in total. The van der Waals surface area contributed by atoms with Gasteiger partial charge in [-0.2, -0.15) is 4.98 Å². The van der Waals surface area contributed by atoms with Crippen molar-refractivity contribution in [2.75, 3.05) is 25.0 Å². The highest BCUT2D eigenvalue weighted by Crippen LogP contribution is 2.41. The van der Waals surface area contributed by atoms with Crippen LogP contribution in [0.1, 0.15) is 5.56 Å². The van der Waals surface area contributed by atoms with E-state index in [-0.39, 0.29) is 48.1 Å². The normalized spacial score (nSPS) is 11.2. The van der Waals surface area contributed by atoms with Gasteiger partial charge in [-0.25, -0.2) is 23.4 Å². The Kier molecular flexibility index (Phi) is 10.00. The lowest BCUT2D eigenvalue weighted by Gasteiger charge is -2.17. The van der Waals surface area contributed by atoms with Gasteiger partial charge in [-0.3, -0.25) is 4.72 Å². The molecule has 0 amide bonds. The van der Waals surface area contributed by atoms with E-state index >= 15 is 0 Å². The second kappa shape index (κ2) is 14.4. The molecular formula is C31H26BrN5O6S. The van der Waals surface area contributed by atoms with Crippen molar-refractivity contribution in [3.63, 3.8) is 0 Å². The zero-order chi connectivity index (χ0) is 30.8. The second-order valence-electron chi connectivity index (χ2n) is 8.87. The Labute approximate surface area is 262 Å². The summed E-state index contributed by atoms with van der Waals surface area (Å²) in [6, 6.07) is 24.8. The van der Waals surface area contributed by atoms with Gasteiger partial charge in [0.05, 0.1) is 12.5 Å². The first-order valence-electron chi connectivity index (χ1n) is 13.2. The molecule has 44 heavy (non-hydrogen) atoms. The highest BCUT2D eigenvalue weighted by Gasteiger charge is 2.24. The average molecular weight is 677 g/mol. The lowest BCUT2D eigenvalue weighted by atomic mass is 10.2. The van der Waals surface area contributed by atoms with E-state index in [1.54, 1.807) is 54.6 Å². The van der Waals surface area contributed by atoms with Crippen LogP contribution in [-0.2, 0) is 10.0 Å². The van der Waals surface area contributed by atoms with Crippen LogP contribution in [-0.4, -0.2) is 48.7 Å². The fraction of sp³-hybridized carbons (Fsp3) is 0.0968. The number of ether oxygens (including phenoxy) is 4. The molecule has 0 bridgehead atoms. The molecule has 2 heterocycles. The first kappa shape index (κ1) is 30.4. The predicted molar refractivity (Wildman–Crippen MR) is 169 cm³/mol. The van der Waals surface area contributed by atoms with Gasteiger partial charge in [0, 0.05) is 16.9 Å². The smallest absolute Gasteiger partial charge is 0.264 e. The molecule has 0 spiro atoms. The number of hydrogen-bond acceptors (Lipinski definition) is 10. The van der Waals surface area contributed by atoms with Gasteiger partial charge in [0.25, 0.3) is 15.9 Å². The SMILES string of the molecule is COc1ccccc1Oc1c(NS(=O)(=O)/C=C/c2ccccc2)nc(-c2ncccn2)nc1OCCOc1ccc(Br)cc1. The summed E-state index contributed by atoms with van der Waals surface area (Å²) in [6.07, 6.45) is 4.50. The minimum absolute atomic E-state index is 0.00606. The molecule has 224 valence electrons. The Hall–Kier alpha value is -5.01. The van der Waals surface area contributed by atoms with E-state index in [0.717, 1.165) is 9.88 Å². The quantitative estimate of drug-likeness (QED) is 0.140. The van der Waals surface area contributed by atoms with E-state index in [0.29, 0.717) is 17.1 Å². The molecule has 0 saturated heterocycles. The van der Waals surface area contributed by atoms with Crippen molar-refractivity contribution in [2.45, 2.75) is 0 Å². The third-order valence-corrected chi connectivity index (χ3v) is 7.26. The summed E-state index contributed by atoms with van der Waals surface area (Å²) >= 11 is 3.40. The number of sulfonamides is 1. The van der Waals surface area contributed by atoms with Gasteiger partial charge < -0.3 is 18.9 Å².